The molecule has 0 saturated heterocycles. The summed E-state index contributed by atoms with van der Waals surface area (Å²) in [5, 5.41) is 0. The largest absolute Gasteiger partial charge is 0.341 e. The third-order valence-corrected chi connectivity index (χ3v) is 3.42. The van der Waals surface area contributed by atoms with Gasteiger partial charge in [-0.15, -0.1) is 0 Å². The minimum absolute atomic E-state index is 0.134. The molecule has 0 heterocycles. The van der Waals surface area contributed by atoms with Crippen LogP contribution >= 0.6 is 0 Å². The topological polar surface area (TPSA) is 46.3 Å². The summed E-state index contributed by atoms with van der Waals surface area (Å²) in [5.41, 5.74) is 7.41. The van der Waals surface area contributed by atoms with E-state index >= 15 is 0 Å². The molecule has 1 rings (SSSR count). The number of amides is 1. The highest BCUT2D eigenvalue weighted by Crippen LogP contribution is 2.13. The van der Waals surface area contributed by atoms with Crippen LogP contribution in [0, 0.1) is 17.8 Å². The first-order valence-electron chi connectivity index (χ1n) is 7.15. The van der Waals surface area contributed by atoms with Crippen LogP contribution in [-0.2, 0) is 11.3 Å². The Hall–Kier alpha value is -1.79. The molecule has 0 aromatic heterocycles. The van der Waals surface area contributed by atoms with Crippen molar-refractivity contribution in [2.45, 2.75) is 33.2 Å². The van der Waals surface area contributed by atoms with Gasteiger partial charge in [0.05, 0.1) is 6.54 Å². The molecule has 0 fully saturated rings. The minimum atomic E-state index is 0.134. The van der Waals surface area contributed by atoms with Crippen LogP contribution in [0.3, 0.4) is 0 Å². The molecule has 1 amide bonds. The molecule has 0 radical (unpaired) electrons. The fourth-order valence-corrected chi connectivity index (χ4v) is 2.15. The Bertz CT molecular complexity index is 478. The van der Waals surface area contributed by atoms with Crippen LogP contribution in [0.2, 0.25) is 0 Å². The Morgan fingerprint density at radius 1 is 1.25 bits per heavy atom. The smallest absolute Gasteiger partial charge is 0.225 e. The van der Waals surface area contributed by atoms with Gasteiger partial charge in [-0.05, 0) is 30.5 Å². The van der Waals surface area contributed by atoms with Crippen LogP contribution in [0.15, 0.2) is 24.3 Å². The van der Waals surface area contributed by atoms with Gasteiger partial charge in [-0.25, -0.2) is 0 Å². The van der Waals surface area contributed by atoms with Gasteiger partial charge < -0.3 is 10.6 Å². The zero-order valence-corrected chi connectivity index (χ0v) is 12.6. The highest BCUT2D eigenvalue weighted by Gasteiger charge is 2.18. The van der Waals surface area contributed by atoms with E-state index in [0.717, 1.165) is 24.0 Å². The highest BCUT2D eigenvalue weighted by molar-refractivity contribution is 5.78. The van der Waals surface area contributed by atoms with Gasteiger partial charge in [0.2, 0.25) is 5.91 Å². The van der Waals surface area contributed by atoms with Gasteiger partial charge in [0, 0.05) is 25.1 Å². The van der Waals surface area contributed by atoms with Crippen LogP contribution in [0.4, 0.5) is 0 Å². The summed E-state index contributed by atoms with van der Waals surface area (Å²) in [5.74, 6) is 6.17. The quantitative estimate of drug-likeness (QED) is 0.837. The van der Waals surface area contributed by atoms with Crippen molar-refractivity contribution < 1.29 is 4.79 Å². The Morgan fingerprint density at radius 2 is 1.85 bits per heavy atom. The molecular formula is C17H24N2O. The number of rotatable bonds is 5. The molecule has 1 aromatic rings. The van der Waals surface area contributed by atoms with Crippen molar-refractivity contribution in [3.8, 4) is 11.8 Å². The first-order valence-corrected chi connectivity index (χ1v) is 7.15. The SMILES string of the molecule is CCC(CC)C(=O)N(C)Cc1ccc(C#CCN)cc1. The molecule has 108 valence electrons. The van der Waals surface area contributed by atoms with E-state index in [1.165, 1.54) is 0 Å². The molecule has 20 heavy (non-hydrogen) atoms. The second kappa shape index (κ2) is 8.39. The molecule has 1 aromatic carbocycles. The number of hydrogen-bond donors (Lipinski definition) is 1. The lowest BCUT2D eigenvalue weighted by molar-refractivity contribution is -0.134. The first kappa shape index (κ1) is 16.3. The summed E-state index contributed by atoms with van der Waals surface area (Å²) < 4.78 is 0. The van der Waals surface area contributed by atoms with E-state index in [9.17, 15) is 4.79 Å². The van der Waals surface area contributed by atoms with Crippen molar-refractivity contribution in [2.24, 2.45) is 11.7 Å². The fraction of sp³-hybridized carbons (Fsp3) is 0.471. The average Bonchev–Trinajstić information content (AvgIpc) is 2.47. The maximum Gasteiger partial charge on any atom is 0.225 e. The number of nitrogens with two attached hydrogens (primary N) is 1. The molecule has 3 heteroatoms. The maximum absolute atomic E-state index is 12.2. The number of benzene rings is 1. The summed E-state index contributed by atoms with van der Waals surface area (Å²) >= 11 is 0. The fourth-order valence-electron chi connectivity index (χ4n) is 2.15. The van der Waals surface area contributed by atoms with E-state index in [-0.39, 0.29) is 11.8 Å². The normalized spacial score (nSPS) is 10.1. The van der Waals surface area contributed by atoms with Gasteiger partial charge in [-0.3, -0.25) is 4.79 Å². The van der Waals surface area contributed by atoms with Crippen LogP contribution in [-0.4, -0.2) is 24.4 Å². The van der Waals surface area contributed by atoms with E-state index in [1.54, 1.807) is 4.90 Å². The summed E-state index contributed by atoms with van der Waals surface area (Å²) in [6.45, 7) is 5.13. The second-order valence-electron chi connectivity index (χ2n) is 4.91. The molecule has 3 nitrogen and oxygen atoms in total. The Morgan fingerprint density at radius 3 is 2.35 bits per heavy atom. The van der Waals surface area contributed by atoms with Gasteiger partial charge in [-0.1, -0.05) is 37.8 Å². The van der Waals surface area contributed by atoms with Gasteiger partial charge in [-0.2, -0.15) is 0 Å². The molecule has 0 aliphatic rings. The van der Waals surface area contributed by atoms with Gasteiger partial charge in [0.25, 0.3) is 0 Å². The predicted octanol–water partition coefficient (Wildman–Crippen LogP) is 2.39. The van der Waals surface area contributed by atoms with Gasteiger partial charge in [0.15, 0.2) is 0 Å². The van der Waals surface area contributed by atoms with Crippen molar-refractivity contribution in [2.75, 3.05) is 13.6 Å². The molecule has 0 aliphatic heterocycles. The Labute approximate surface area is 122 Å². The minimum Gasteiger partial charge on any atom is -0.341 e. The van der Waals surface area contributed by atoms with Crippen LogP contribution in [0.25, 0.3) is 0 Å². The zero-order valence-electron chi connectivity index (χ0n) is 12.6. The van der Waals surface area contributed by atoms with E-state index in [0.29, 0.717) is 13.1 Å². The first-order chi connectivity index (χ1) is 9.62. The highest BCUT2D eigenvalue weighted by atomic mass is 16.2. The Balaban J connectivity index is 2.66. The third kappa shape index (κ3) is 4.71. The third-order valence-electron chi connectivity index (χ3n) is 3.42. The molecule has 0 saturated carbocycles. The van der Waals surface area contributed by atoms with E-state index in [4.69, 9.17) is 5.73 Å². The average molecular weight is 272 g/mol. The molecule has 0 unspecified atom stereocenters. The lowest BCUT2D eigenvalue weighted by atomic mass is 10.0. The molecule has 0 atom stereocenters. The van der Waals surface area contributed by atoms with Crippen LogP contribution in [0.1, 0.15) is 37.8 Å². The second-order valence-corrected chi connectivity index (χ2v) is 4.91. The van der Waals surface area contributed by atoms with Gasteiger partial charge in [0.1, 0.15) is 0 Å². The van der Waals surface area contributed by atoms with E-state index in [2.05, 4.69) is 25.7 Å². The summed E-state index contributed by atoms with van der Waals surface area (Å²) in [7, 11) is 1.86. The van der Waals surface area contributed by atoms with Crippen LogP contribution in [0.5, 0.6) is 0 Å². The zero-order chi connectivity index (χ0) is 15.0. The molecule has 0 bridgehead atoms. The summed E-state index contributed by atoms with van der Waals surface area (Å²) in [6, 6.07) is 7.95. The number of carbonyl (C=O) groups excluding carboxylic acids is 1. The molecule has 0 spiro atoms. The molecular weight excluding hydrogens is 248 g/mol. The standard InChI is InChI=1S/C17H24N2O/c1-4-16(5-2)17(20)19(3)13-15-10-8-14(9-11-15)7-6-12-18/h8-11,16H,4-5,12-13,18H2,1-3H3. The van der Waals surface area contributed by atoms with Crippen molar-refractivity contribution >= 4 is 5.91 Å². The Kier molecular flexibility index (Phi) is 6.83. The number of carbonyl (C=O) groups is 1. The predicted molar refractivity (Wildman–Crippen MR) is 82.9 cm³/mol. The van der Waals surface area contributed by atoms with Crippen molar-refractivity contribution in [3.63, 3.8) is 0 Å². The summed E-state index contributed by atoms with van der Waals surface area (Å²) in [6.07, 6.45) is 1.79. The monoisotopic (exact) mass is 272 g/mol. The van der Waals surface area contributed by atoms with Gasteiger partial charge >= 0.3 is 0 Å². The lowest BCUT2D eigenvalue weighted by Gasteiger charge is -2.22. The molecule has 2 N–H and O–H groups in total. The van der Waals surface area contributed by atoms with Crippen molar-refractivity contribution in [1.29, 1.82) is 0 Å². The number of nitrogens with zero attached hydrogens (tertiary/aromatic N) is 1. The maximum atomic E-state index is 12.2. The van der Waals surface area contributed by atoms with E-state index in [1.807, 2.05) is 31.3 Å². The molecule has 0 aliphatic carbocycles. The van der Waals surface area contributed by atoms with Crippen molar-refractivity contribution in [3.05, 3.63) is 35.4 Å². The van der Waals surface area contributed by atoms with Crippen molar-refractivity contribution in [1.82, 2.24) is 4.90 Å². The van der Waals surface area contributed by atoms with Crippen LogP contribution < -0.4 is 5.73 Å². The number of hydrogen-bond acceptors (Lipinski definition) is 2. The lowest BCUT2D eigenvalue weighted by Crippen LogP contribution is -2.32. The van der Waals surface area contributed by atoms with E-state index < -0.39 is 0 Å². The summed E-state index contributed by atoms with van der Waals surface area (Å²) in [4.78, 5) is 14.0.